The van der Waals surface area contributed by atoms with Gasteiger partial charge in [-0.2, -0.15) is 0 Å². The molecule has 0 atom stereocenters. The summed E-state index contributed by atoms with van der Waals surface area (Å²) in [4.78, 5) is 12.6. The highest BCUT2D eigenvalue weighted by molar-refractivity contribution is 7.89. The van der Waals surface area contributed by atoms with E-state index in [0.29, 0.717) is 12.2 Å². The number of para-hydroxylation sites is 1. The fourth-order valence-corrected chi connectivity index (χ4v) is 3.50. The van der Waals surface area contributed by atoms with Crippen molar-refractivity contribution in [1.29, 1.82) is 0 Å². The molecule has 1 aliphatic heterocycles. The number of rotatable bonds is 4. The van der Waals surface area contributed by atoms with Crippen LogP contribution in [0.3, 0.4) is 0 Å². The van der Waals surface area contributed by atoms with Crippen molar-refractivity contribution in [3.05, 3.63) is 58.1 Å². The van der Waals surface area contributed by atoms with Crippen LogP contribution in [0.25, 0.3) is 0 Å². The van der Waals surface area contributed by atoms with Crippen molar-refractivity contribution in [3.8, 4) is 0 Å². The fraction of sp³-hybridized carbons (Fsp3) is 0.200. The van der Waals surface area contributed by atoms with E-state index in [1.807, 2.05) is 29.2 Å². The zero-order valence-electron chi connectivity index (χ0n) is 12.4. The summed E-state index contributed by atoms with van der Waals surface area (Å²) in [5, 5.41) is 11.4. The van der Waals surface area contributed by atoms with E-state index in [1.165, 1.54) is 19.2 Å². The average molecular weight is 333 g/mol. The van der Waals surface area contributed by atoms with Gasteiger partial charge in [0.2, 0.25) is 10.0 Å². The summed E-state index contributed by atoms with van der Waals surface area (Å²) < 4.78 is 25.9. The third-order valence-electron chi connectivity index (χ3n) is 3.90. The Balaban J connectivity index is 2.13. The van der Waals surface area contributed by atoms with Crippen LogP contribution in [0.2, 0.25) is 0 Å². The van der Waals surface area contributed by atoms with E-state index in [0.717, 1.165) is 23.7 Å². The molecule has 0 fully saturated rings. The van der Waals surface area contributed by atoms with E-state index in [9.17, 15) is 18.5 Å². The Morgan fingerprint density at radius 1 is 1.17 bits per heavy atom. The Bertz CT molecular complexity index is 880. The highest BCUT2D eigenvalue weighted by Gasteiger charge is 2.28. The molecule has 2 aromatic carbocycles. The van der Waals surface area contributed by atoms with Gasteiger partial charge in [0.25, 0.3) is 5.69 Å². The van der Waals surface area contributed by atoms with Crippen LogP contribution in [-0.2, 0) is 16.4 Å². The number of hydrogen-bond donors (Lipinski definition) is 1. The molecule has 8 heteroatoms. The van der Waals surface area contributed by atoms with Crippen LogP contribution in [0, 0.1) is 10.1 Å². The molecule has 1 N–H and O–H groups in total. The summed E-state index contributed by atoms with van der Waals surface area (Å²) in [6, 6.07) is 11.7. The average Bonchev–Trinajstić information content (AvgIpc) is 2.98. The Morgan fingerprint density at radius 2 is 1.91 bits per heavy atom. The molecule has 1 heterocycles. The second-order valence-electron chi connectivity index (χ2n) is 5.15. The van der Waals surface area contributed by atoms with Crippen LogP contribution in [-0.4, -0.2) is 26.9 Å². The summed E-state index contributed by atoms with van der Waals surface area (Å²) in [6.45, 7) is 0.623. The largest absolute Gasteiger partial charge is 0.335 e. The maximum Gasteiger partial charge on any atom is 0.294 e. The van der Waals surface area contributed by atoms with Gasteiger partial charge in [-0.1, -0.05) is 18.2 Å². The lowest BCUT2D eigenvalue weighted by molar-refractivity contribution is -0.384. The molecule has 0 unspecified atom stereocenters. The first-order valence-electron chi connectivity index (χ1n) is 7.01. The zero-order valence-corrected chi connectivity index (χ0v) is 13.2. The van der Waals surface area contributed by atoms with Crippen molar-refractivity contribution >= 4 is 27.1 Å². The number of nitro groups is 1. The van der Waals surface area contributed by atoms with Crippen LogP contribution >= 0.6 is 0 Å². The van der Waals surface area contributed by atoms with Gasteiger partial charge in [-0.05, 0) is 37.2 Å². The number of nitro benzene ring substituents is 1. The minimum absolute atomic E-state index is 0.122. The van der Waals surface area contributed by atoms with Gasteiger partial charge >= 0.3 is 0 Å². The van der Waals surface area contributed by atoms with Gasteiger partial charge < -0.3 is 4.90 Å². The summed E-state index contributed by atoms with van der Waals surface area (Å²) in [5.41, 5.74) is 2.21. The van der Waals surface area contributed by atoms with Crippen molar-refractivity contribution < 1.29 is 13.3 Å². The van der Waals surface area contributed by atoms with Gasteiger partial charge in [0, 0.05) is 18.3 Å². The summed E-state index contributed by atoms with van der Waals surface area (Å²) in [5.74, 6) is 0. The molecule has 120 valence electrons. The normalized spacial score (nSPS) is 13.9. The maximum atomic E-state index is 11.9. The first-order valence-corrected chi connectivity index (χ1v) is 8.50. The molecule has 1 aliphatic rings. The highest BCUT2D eigenvalue weighted by Crippen LogP contribution is 2.39. The van der Waals surface area contributed by atoms with E-state index in [1.54, 1.807) is 0 Å². The SMILES string of the molecule is CNS(=O)(=O)c1ccc(N2CCc3ccccc32)c([N+](=O)[O-])c1. The molecule has 23 heavy (non-hydrogen) atoms. The minimum Gasteiger partial charge on any atom is -0.335 e. The monoisotopic (exact) mass is 333 g/mol. The standard InChI is InChI=1S/C15H15N3O4S/c1-16-23(21,22)12-6-7-14(15(10-12)18(19)20)17-9-8-11-4-2-3-5-13(11)17/h2-7,10,16H,8-9H2,1H3. The summed E-state index contributed by atoms with van der Waals surface area (Å²) >= 11 is 0. The molecule has 0 saturated carbocycles. The molecule has 2 aromatic rings. The third-order valence-corrected chi connectivity index (χ3v) is 5.31. The minimum atomic E-state index is -3.73. The van der Waals surface area contributed by atoms with Gasteiger partial charge in [0.05, 0.1) is 9.82 Å². The van der Waals surface area contributed by atoms with E-state index < -0.39 is 14.9 Å². The number of fused-ring (bicyclic) bond motifs is 1. The predicted molar refractivity (Wildman–Crippen MR) is 86.5 cm³/mol. The van der Waals surface area contributed by atoms with Crippen molar-refractivity contribution in [2.75, 3.05) is 18.5 Å². The number of sulfonamides is 1. The van der Waals surface area contributed by atoms with Gasteiger partial charge in [-0.15, -0.1) is 0 Å². The summed E-state index contributed by atoms with van der Waals surface area (Å²) in [7, 11) is -2.46. The fourth-order valence-electron chi connectivity index (χ4n) is 2.75. The van der Waals surface area contributed by atoms with E-state index >= 15 is 0 Å². The van der Waals surface area contributed by atoms with E-state index in [4.69, 9.17) is 0 Å². The molecule has 0 aromatic heterocycles. The van der Waals surface area contributed by atoms with Gasteiger partial charge in [0.15, 0.2) is 0 Å². The number of hydrogen-bond acceptors (Lipinski definition) is 5. The number of benzene rings is 2. The molecular formula is C15H15N3O4S. The van der Waals surface area contributed by atoms with Crippen LogP contribution < -0.4 is 9.62 Å². The molecule has 0 aliphatic carbocycles. The Labute approximate surface area is 133 Å². The van der Waals surface area contributed by atoms with Crippen molar-refractivity contribution in [1.82, 2.24) is 4.72 Å². The molecule has 0 saturated heterocycles. The van der Waals surface area contributed by atoms with Crippen molar-refractivity contribution in [3.63, 3.8) is 0 Å². The lowest BCUT2D eigenvalue weighted by Gasteiger charge is -2.19. The second-order valence-corrected chi connectivity index (χ2v) is 7.03. The van der Waals surface area contributed by atoms with Gasteiger partial charge in [0.1, 0.15) is 5.69 Å². The molecule has 0 spiro atoms. The van der Waals surface area contributed by atoms with Gasteiger partial charge in [-0.3, -0.25) is 10.1 Å². The molecule has 0 amide bonds. The Kier molecular flexibility index (Phi) is 3.78. The quantitative estimate of drug-likeness (QED) is 0.684. The highest BCUT2D eigenvalue weighted by atomic mass is 32.2. The smallest absolute Gasteiger partial charge is 0.294 e. The Hall–Kier alpha value is -2.45. The van der Waals surface area contributed by atoms with Crippen molar-refractivity contribution in [2.45, 2.75) is 11.3 Å². The second kappa shape index (κ2) is 5.64. The van der Waals surface area contributed by atoms with Crippen molar-refractivity contribution in [2.24, 2.45) is 0 Å². The van der Waals surface area contributed by atoms with Crippen LogP contribution in [0.15, 0.2) is 47.4 Å². The molecule has 0 bridgehead atoms. The van der Waals surface area contributed by atoms with E-state index in [2.05, 4.69) is 4.72 Å². The van der Waals surface area contributed by atoms with Crippen LogP contribution in [0.4, 0.5) is 17.1 Å². The first-order chi connectivity index (χ1) is 10.9. The maximum absolute atomic E-state index is 11.9. The lowest BCUT2D eigenvalue weighted by atomic mass is 10.2. The zero-order chi connectivity index (χ0) is 16.6. The molecular weight excluding hydrogens is 318 g/mol. The molecule has 3 rings (SSSR count). The summed E-state index contributed by atoms with van der Waals surface area (Å²) in [6.07, 6.45) is 0.796. The molecule has 7 nitrogen and oxygen atoms in total. The third kappa shape index (κ3) is 2.66. The van der Waals surface area contributed by atoms with E-state index in [-0.39, 0.29) is 10.6 Å². The van der Waals surface area contributed by atoms with Gasteiger partial charge in [-0.25, -0.2) is 13.1 Å². The predicted octanol–water partition coefficient (Wildman–Crippen LogP) is 2.20. The number of anilines is 2. The van der Waals surface area contributed by atoms with Crippen LogP contribution in [0.5, 0.6) is 0 Å². The lowest BCUT2D eigenvalue weighted by Crippen LogP contribution is -2.20. The Morgan fingerprint density at radius 3 is 2.61 bits per heavy atom. The number of nitrogens with zero attached hydrogens (tertiary/aromatic N) is 2. The van der Waals surface area contributed by atoms with Crippen LogP contribution in [0.1, 0.15) is 5.56 Å². The number of nitrogens with one attached hydrogen (secondary N) is 1. The first kappa shape index (κ1) is 15.4. The molecule has 0 radical (unpaired) electrons. The topological polar surface area (TPSA) is 92.6 Å².